The van der Waals surface area contributed by atoms with Crippen LogP contribution in [0.4, 0.5) is 21.0 Å². The van der Waals surface area contributed by atoms with Gasteiger partial charge in [-0.3, -0.25) is 28.6 Å². The van der Waals surface area contributed by atoms with E-state index in [-0.39, 0.29) is 35.6 Å². The van der Waals surface area contributed by atoms with Gasteiger partial charge in [-0.05, 0) is 97.9 Å². The molecule has 18 nitrogen and oxygen atoms in total. The van der Waals surface area contributed by atoms with Crippen LogP contribution in [0.2, 0.25) is 0 Å². The number of nitrogens with zero attached hydrogens (tertiary/aromatic N) is 4. The third-order valence-electron chi connectivity index (χ3n) is 9.88. The molecule has 0 bridgehead atoms. The Kier molecular flexibility index (Phi) is 15.3. The molecule has 0 saturated carbocycles. The summed E-state index contributed by atoms with van der Waals surface area (Å²) in [4.78, 5) is 48.4. The predicted molar refractivity (Wildman–Crippen MR) is 250 cm³/mol. The molecule has 6 rings (SSSR count). The fraction of sp³-hybridized carbons (Fsp3) is 0.348. The van der Waals surface area contributed by atoms with E-state index in [0.717, 1.165) is 17.1 Å². The average molecular weight is 949 g/mol. The molecule has 2 heterocycles. The number of hydrogen-bond acceptors (Lipinski definition) is 13. The number of fused-ring (bicyclic) bond motifs is 2. The van der Waals surface area contributed by atoms with E-state index in [1.54, 1.807) is 63.2 Å². The Morgan fingerprint density at radius 1 is 0.667 bits per heavy atom. The van der Waals surface area contributed by atoms with Crippen LogP contribution in [-0.4, -0.2) is 84.4 Å². The normalized spacial score (nSPS) is 12.2. The molecule has 0 spiro atoms. The van der Waals surface area contributed by atoms with Gasteiger partial charge in [0.1, 0.15) is 16.6 Å². The van der Waals surface area contributed by atoms with Crippen molar-refractivity contribution in [3.8, 4) is 22.5 Å². The predicted octanol–water partition coefficient (Wildman–Crippen LogP) is 9.86. The van der Waals surface area contributed by atoms with E-state index in [1.165, 1.54) is 16.7 Å². The smallest absolute Gasteiger partial charge is 0.419 e. The van der Waals surface area contributed by atoms with Crippen LogP contribution < -0.4 is 0 Å². The van der Waals surface area contributed by atoms with Crippen LogP contribution in [0.5, 0.6) is 0 Å². The Morgan fingerprint density at radius 2 is 1.14 bits per heavy atom. The van der Waals surface area contributed by atoms with Crippen molar-refractivity contribution in [3.05, 3.63) is 128 Å². The summed E-state index contributed by atoms with van der Waals surface area (Å²) in [5.74, 6) is 0. The van der Waals surface area contributed by atoms with Gasteiger partial charge in [-0.25, -0.2) is 18.7 Å². The molecule has 6 aromatic rings. The van der Waals surface area contributed by atoms with Crippen molar-refractivity contribution >= 4 is 65.6 Å². The summed E-state index contributed by atoms with van der Waals surface area (Å²) < 4.78 is 62.0. The van der Waals surface area contributed by atoms with Crippen LogP contribution in [0, 0.1) is 20.2 Å². The Morgan fingerprint density at radius 3 is 1.58 bits per heavy atom. The number of non-ortho nitro benzene ring substituents is 2. The molecule has 0 fully saturated rings. The van der Waals surface area contributed by atoms with Crippen LogP contribution in [0.3, 0.4) is 0 Å². The first-order chi connectivity index (χ1) is 30.7. The lowest BCUT2D eigenvalue weighted by Crippen LogP contribution is -2.27. The number of nitro groups is 2. The maximum atomic E-state index is 13.1. The zero-order chi connectivity index (χ0) is 48.9. The number of nitro benzene ring substituents is 2. The molecule has 2 aromatic heterocycles. The lowest BCUT2D eigenvalue weighted by atomic mass is 9.83. The van der Waals surface area contributed by atoms with E-state index in [2.05, 4.69) is 0 Å². The van der Waals surface area contributed by atoms with Crippen molar-refractivity contribution in [2.45, 2.75) is 78.2 Å². The van der Waals surface area contributed by atoms with Gasteiger partial charge in [0.25, 0.3) is 31.6 Å². The third-order valence-corrected chi connectivity index (χ3v) is 11.1. The minimum Gasteiger partial charge on any atom is -0.464 e. The van der Waals surface area contributed by atoms with Crippen LogP contribution in [-0.2, 0) is 51.6 Å². The van der Waals surface area contributed by atoms with E-state index in [0.29, 0.717) is 75.7 Å². The standard InChI is InChI=1S/2C23H26N2O7S/c1-23(2,3)32-22(26)24-19(17-10-6-5-7-11-17)15-18-13-16(9-8-12-31-33(4,29)30)14-20(21(18)24)25(27)28;1-23(2,3)19-17-13-15(9-8-12-32-33(4,30)31)14-18(25(28)29)21(17)24(22(26)27)20(19)16-10-6-5-7-11-16/h5-7,10-11,13-15H,8-9,12H2,1-4H3;5-7,10-11,13-14H,8-9,12H2,1-4H3,(H,26,27). The molecule has 1 N–H and O–H groups in total. The molecule has 0 aliphatic carbocycles. The lowest BCUT2D eigenvalue weighted by molar-refractivity contribution is -0.383. The summed E-state index contributed by atoms with van der Waals surface area (Å²) in [5.41, 5.74) is 2.40. The van der Waals surface area contributed by atoms with Gasteiger partial charge in [-0.2, -0.15) is 16.8 Å². The molecule has 352 valence electrons. The average Bonchev–Trinajstić information content (AvgIpc) is 3.77. The monoisotopic (exact) mass is 948 g/mol. The number of carbonyl (C=O) groups excluding carboxylic acids is 1. The lowest BCUT2D eigenvalue weighted by Gasteiger charge is -2.21. The Balaban J connectivity index is 0.000000247. The largest absolute Gasteiger partial charge is 0.464 e. The van der Waals surface area contributed by atoms with E-state index >= 15 is 0 Å². The van der Waals surface area contributed by atoms with Crippen LogP contribution in [0.25, 0.3) is 44.3 Å². The van der Waals surface area contributed by atoms with Crippen molar-refractivity contribution < 1.29 is 54.5 Å². The highest BCUT2D eigenvalue weighted by Gasteiger charge is 2.34. The molecule has 0 aliphatic rings. The molecule has 0 amide bonds. The number of benzene rings is 4. The highest BCUT2D eigenvalue weighted by Crippen LogP contribution is 2.44. The van der Waals surface area contributed by atoms with E-state index in [9.17, 15) is 51.8 Å². The molecule has 0 saturated heterocycles. The summed E-state index contributed by atoms with van der Waals surface area (Å²) in [6.07, 6.45) is 1.27. The Hall–Kier alpha value is -6.48. The number of carbonyl (C=O) groups is 2. The van der Waals surface area contributed by atoms with E-state index < -0.39 is 53.3 Å². The van der Waals surface area contributed by atoms with Crippen molar-refractivity contribution in [3.63, 3.8) is 0 Å². The second-order valence-corrected chi connectivity index (χ2v) is 20.8. The molecule has 0 unspecified atom stereocenters. The number of aromatic nitrogens is 2. The van der Waals surface area contributed by atoms with E-state index in [4.69, 9.17) is 13.1 Å². The number of carboxylic acid groups (broad SMARTS) is 1. The van der Waals surface area contributed by atoms with Crippen molar-refractivity contribution in [2.75, 3.05) is 25.7 Å². The van der Waals surface area contributed by atoms with Gasteiger partial charge in [-0.15, -0.1) is 0 Å². The summed E-state index contributed by atoms with van der Waals surface area (Å²) in [6.45, 7) is 10.9. The number of hydrogen-bond donors (Lipinski definition) is 1. The highest BCUT2D eigenvalue weighted by molar-refractivity contribution is 7.86. The van der Waals surface area contributed by atoms with Crippen molar-refractivity contribution in [1.29, 1.82) is 0 Å². The number of ether oxygens (including phenoxy) is 1. The minimum atomic E-state index is -3.58. The van der Waals surface area contributed by atoms with Crippen molar-refractivity contribution in [1.82, 2.24) is 9.13 Å². The van der Waals surface area contributed by atoms with E-state index in [1.807, 2.05) is 57.2 Å². The molecule has 66 heavy (non-hydrogen) atoms. The summed E-state index contributed by atoms with van der Waals surface area (Å²) in [6, 6.07) is 26.0. The zero-order valence-electron chi connectivity index (χ0n) is 37.8. The zero-order valence-corrected chi connectivity index (χ0v) is 39.4. The summed E-state index contributed by atoms with van der Waals surface area (Å²) in [7, 11) is -7.14. The number of rotatable bonds is 14. The first-order valence-corrected chi connectivity index (χ1v) is 24.3. The molecule has 20 heteroatoms. The van der Waals surface area contributed by atoms with Gasteiger partial charge >= 0.3 is 12.2 Å². The van der Waals surface area contributed by atoms with Gasteiger partial charge < -0.3 is 9.84 Å². The Labute approximate surface area is 382 Å². The maximum absolute atomic E-state index is 13.1. The SMILES string of the molecule is CC(C)(C)OC(=O)n1c(-c2ccccc2)cc2cc(CCCOS(C)(=O)=O)cc([N+](=O)[O-])c21.CC(C)(C)c1c(-c2ccccc2)n(C(=O)O)c2c([N+](=O)[O-])cc(CCCOS(C)(=O)=O)cc12. The van der Waals surface area contributed by atoms with Crippen molar-refractivity contribution in [2.24, 2.45) is 0 Å². The van der Waals surface area contributed by atoms with Crippen LogP contribution in [0.1, 0.15) is 71.1 Å². The fourth-order valence-corrected chi connectivity index (χ4v) is 8.36. The molecule has 0 radical (unpaired) electrons. The van der Waals surface area contributed by atoms with Gasteiger partial charge in [-0.1, -0.05) is 81.4 Å². The topological polar surface area (TPSA) is 246 Å². The first kappa shape index (κ1) is 50.5. The second-order valence-electron chi connectivity index (χ2n) is 17.5. The second kappa shape index (κ2) is 19.9. The molecule has 0 aliphatic heterocycles. The van der Waals surface area contributed by atoms with Gasteiger partial charge in [0, 0.05) is 22.9 Å². The van der Waals surface area contributed by atoms with Gasteiger partial charge in [0.05, 0.1) is 47.0 Å². The maximum Gasteiger partial charge on any atom is 0.419 e. The molecule has 4 aromatic carbocycles. The van der Waals surface area contributed by atoms with Gasteiger partial charge in [0.2, 0.25) is 0 Å². The minimum absolute atomic E-state index is 0.0208. The molecular formula is C46H52N4O14S2. The molecular weight excluding hydrogens is 897 g/mol. The summed E-state index contributed by atoms with van der Waals surface area (Å²) in [5, 5.41) is 35.1. The Bertz CT molecular complexity index is 3020. The van der Waals surface area contributed by atoms with Gasteiger partial charge in [0.15, 0.2) is 0 Å². The summed E-state index contributed by atoms with van der Waals surface area (Å²) >= 11 is 0. The van der Waals surface area contributed by atoms with Crippen LogP contribution in [0.15, 0.2) is 91.0 Å². The highest BCUT2D eigenvalue weighted by atomic mass is 32.2. The molecule has 0 atom stereocenters. The fourth-order valence-electron chi connectivity index (χ4n) is 7.52. The quantitative estimate of drug-likeness (QED) is 0.0462. The number of aryl methyl sites for hydroxylation is 2. The first-order valence-electron chi connectivity index (χ1n) is 20.6. The van der Waals surface area contributed by atoms with Crippen LogP contribution >= 0.6 is 0 Å². The third kappa shape index (κ3) is 12.7.